The highest BCUT2D eigenvalue weighted by Crippen LogP contribution is 2.25. The van der Waals surface area contributed by atoms with Crippen LogP contribution in [0.4, 0.5) is 4.39 Å². The Hall–Kier alpha value is -1.13. The molecule has 2 rings (SSSR count). The van der Waals surface area contributed by atoms with Crippen LogP contribution in [-0.2, 0) is 11.3 Å². The summed E-state index contributed by atoms with van der Waals surface area (Å²) in [7, 11) is 0. The monoisotopic (exact) mass is 253 g/mol. The van der Waals surface area contributed by atoms with Gasteiger partial charge in [0.05, 0.1) is 13.2 Å². The van der Waals surface area contributed by atoms with Gasteiger partial charge in [-0.15, -0.1) is 0 Å². The molecule has 1 aliphatic heterocycles. The third-order valence-electron chi connectivity index (χ3n) is 2.92. The smallest absolute Gasteiger partial charge is 0.165 e. The Balaban J connectivity index is 2.09. The predicted octanol–water partition coefficient (Wildman–Crippen LogP) is 2.49. The maximum atomic E-state index is 13.8. The SMILES string of the molecule is CC(C)NCc1cccc(F)c1OC1CCOC1. The number of hydrogen-bond donors (Lipinski definition) is 1. The highest BCUT2D eigenvalue weighted by Gasteiger charge is 2.20. The summed E-state index contributed by atoms with van der Waals surface area (Å²) in [6, 6.07) is 5.40. The number of benzene rings is 1. The maximum absolute atomic E-state index is 13.8. The van der Waals surface area contributed by atoms with Crippen LogP contribution in [0.1, 0.15) is 25.8 Å². The zero-order valence-electron chi connectivity index (χ0n) is 10.9. The van der Waals surface area contributed by atoms with Crippen molar-refractivity contribution in [1.82, 2.24) is 5.32 Å². The van der Waals surface area contributed by atoms with E-state index in [1.165, 1.54) is 6.07 Å². The quantitative estimate of drug-likeness (QED) is 0.874. The third kappa shape index (κ3) is 3.43. The lowest BCUT2D eigenvalue weighted by Gasteiger charge is -2.17. The van der Waals surface area contributed by atoms with Crippen LogP contribution >= 0.6 is 0 Å². The molecular formula is C14H20FNO2. The first-order chi connectivity index (χ1) is 8.66. The molecule has 0 bridgehead atoms. The van der Waals surface area contributed by atoms with E-state index in [1.807, 2.05) is 6.07 Å². The Bertz CT molecular complexity index is 389. The summed E-state index contributed by atoms with van der Waals surface area (Å²) in [5.74, 6) is 0.0612. The molecule has 1 saturated heterocycles. The Labute approximate surface area is 107 Å². The lowest BCUT2D eigenvalue weighted by Crippen LogP contribution is -2.23. The fraction of sp³-hybridized carbons (Fsp3) is 0.571. The van der Waals surface area contributed by atoms with Gasteiger partial charge in [-0.25, -0.2) is 4.39 Å². The van der Waals surface area contributed by atoms with E-state index in [1.54, 1.807) is 6.07 Å². The summed E-state index contributed by atoms with van der Waals surface area (Å²) in [5, 5.41) is 3.28. The van der Waals surface area contributed by atoms with Crippen molar-refractivity contribution in [3.8, 4) is 5.75 Å². The molecule has 1 heterocycles. The van der Waals surface area contributed by atoms with Crippen molar-refractivity contribution >= 4 is 0 Å². The van der Waals surface area contributed by atoms with E-state index in [0.29, 0.717) is 31.5 Å². The number of hydrogen-bond acceptors (Lipinski definition) is 3. The molecule has 1 fully saturated rings. The Morgan fingerprint density at radius 2 is 2.33 bits per heavy atom. The van der Waals surface area contributed by atoms with Crippen LogP contribution < -0.4 is 10.1 Å². The van der Waals surface area contributed by atoms with E-state index in [4.69, 9.17) is 9.47 Å². The Kier molecular flexibility index (Phi) is 4.55. The van der Waals surface area contributed by atoms with Gasteiger partial charge >= 0.3 is 0 Å². The molecule has 0 amide bonds. The number of para-hydroxylation sites is 1. The normalized spacial score (nSPS) is 19.4. The van der Waals surface area contributed by atoms with Gasteiger partial charge in [-0.3, -0.25) is 0 Å². The van der Waals surface area contributed by atoms with Crippen molar-refractivity contribution in [2.75, 3.05) is 13.2 Å². The number of nitrogens with one attached hydrogen (secondary N) is 1. The van der Waals surface area contributed by atoms with Crippen molar-refractivity contribution in [2.45, 2.75) is 39.0 Å². The van der Waals surface area contributed by atoms with Crippen molar-refractivity contribution in [3.05, 3.63) is 29.6 Å². The Morgan fingerprint density at radius 3 is 3.00 bits per heavy atom. The Morgan fingerprint density at radius 1 is 1.50 bits per heavy atom. The minimum atomic E-state index is -0.301. The van der Waals surface area contributed by atoms with E-state index < -0.39 is 0 Å². The number of ether oxygens (including phenoxy) is 2. The van der Waals surface area contributed by atoms with Crippen molar-refractivity contribution in [2.24, 2.45) is 0 Å². The third-order valence-corrected chi connectivity index (χ3v) is 2.92. The molecule has 0 saturated carbocycles. The summed E-state index contributed by atoms with van der Waals surface area (Å²) in [5.41, 5.74) is 0.857. The molecule has 1 unspecified atom stereocenters. The highest BCUT2D eigenvalue weighted by atomic mass is 19.1. The van der Waals surface area contributed by atoms with E-state index >= 15 is 0 Å². The van der Waals surface area contributed by atoms with Crippen LogP contribution in [0.5, 0.6) is 5.75 Å². The molecule has 0 spiro atoms. The average Bonchev–Trinajstić information content (AvgIpc) is 2.82. The molecule has 0 radical (unpaired) electrons. The van der Waals surface area contributed by atoms with Crippen LogP contribution in [0, 0.1) is 5.82 Å². The second-order valence-corrected chi connectivity index (χ2v) is 4.87. The summed E-state index contributed by atoms with van der Waals surface area (Å²) in [6.07, 6.45) is 0.797. The van der Waals surface area contributed by atoms with Gasteiger partial charge in [0.2, 0.25) is 0 Å². The van der Waals surface area contributed by atoms with Gasteiger partial charge < -0.3 is 14.8 Å². The fourth-order valence-corrected chi connectivity index (χ4v) is 1.91. The average molecular weight is 253 g/mol. The van der Waals surface area contributed by atoms with Crippen LogP contribution in [0.25, 0.3) is 0 Å². The lowest BCUT2D eigenvalue weighted by atomic mass is 10.1. The number of halogens is 1. The van der Waals surface area contributed by atoms with Crippen molar-refractivity contribution in [3.63, 3.8) is 0 Å². The largest absolute Gasteiger partial charge is 0.485 e. The van der Waals surface area contributed by atoms with E-state index in [2.05, 4.69) is 19.2 Å². The van der Waals surface area contributed by atoms with E-state index in [-0.39, 0.29) is 11.9 Å². The molecule has 1 aromatic carbocycles. The first-order valence-corrected chi connectivity index (χ1v) is 6.42. The second kappa shape index (κ2) is 6.16. The molecule has 1 aliphatic rings. The van der Waals surface area contributed by atoms with Crippen LogP contribution in [0.2, 0.25) is 0 Å². The van der Waals surface area contributed by atoms with Gasteiger partial charge in [0.1, 0.15) is 6.10 Å². The molecule has 1 aromatic rings. The van der Waals surface area contributed by atoms with Gasteiger partial charge in [-0.1, -0.05) is 26.0 Å². The fourth-order valence-electron chi connectivity index (χ4n) is 1.91. The molecule has 3 nitrogen and oxygen atoms in total. The molecule has 0 aromatic heterocycles. The van der Waals surface area contributed by atoms with Crippen molar-refractivity contribution < 1.29 is 13.9 Å². The summed E-state index contributed by atoms with van der Waals surface area (Å²) >= 11 is 0. The predicted molar refractivity (Wildman–Crippen MR) is 68.2 cm³/mol. The minimum Gasteiger partial charge on any atom is -0.485 e. The first-order valence-electron chi connectivity index (χ1n) is 6.42. The van der Waals surface area contributed by atoms with Gasteiger partial charge in [0.25, 0.3) is 0 Å². The zero-order chi connectivity index (χ0) is 13.0. The maximum Gasteiger partial charge on any atom is 0.165 e. The first kappa shape index (κ1) is 13.3. The lowest BCUT2D eigenvalue weighted by molar-refractivity contribution is 0.137. The van der Waals surface area contributed by atoms with Crippen molar-refractivity contribution in [1.29, 1.82) is 0 Å². The summed E-state index contributed by atoms with van der Waals surface area (Å²) < 4.78 is 24.8. The van der Waals surface area contributed by atoms with Crippen LogP contribution in [-0.4, -0.2) is 25.4 Å². The summed E-state index contributed by atoms with van der Waals surface area (Å²) in [6.45, 7) is 5.97. The summed E-state index contributed by atoms with van der Waals surface area (Å²) in [4.78, 5) is 0. The highest BCUT2D eigenvalue weighted by molar-refractivity contribution is 5.35. The number of rotatable bonds is 5. The van der Waals surface area contributed by atoms with Gasteiger partial charge in [0, 0.05) is 24.6 Å². The second-order valence-electron chi connectivity index (χ2n) is 4.87. The van der Waals surface area contributed by atoms with Crippen LogP contribution in [0.15, 0.2) is 18.2 Å². The molecule has 18 heavy (non-hydrogen) atoms. The molecular weight excluding hydrogens is 233 g/mol. The topological polar surface area (TPSA) is 30.5 Å². The molecule has 4 heteroatoms. The standard InChI is InChI=1S/C14H20FNO2/c1-10(2)16-8-11-4-3-5-13(15)14(11)18-12-6-7-17-9-12/h3-5,10,12,16H,6-9H2,1-2H3. The van der Waals surface area contributed by atoms with Crippen LogP contribution in [0.3, 0.4) is 0 Å². The van der Waals surface area contributed by atoms with E-state index in [0.717, 1.165) is 12.0 Å². The molecule has 1 atom stereocenters. The molecule has 100 valence electrons. The van der Waals surface area contributed by atoms with E-state index in [9.17, 15) is 4.39 Å². The van der Waals surface area contributed by atoms with Gasteiger partial charge in [0.15, 0.2) is 11.6 Å². The van der Waals surface area contributed by atoms with Gasteiger partial charge in [-0.05, 0) is 6.07 Å². The zero-order valence-corrected chi connectivity index (χ0v) is 10.9. The molecule has 0 aliphatic carbocycles. The minimum absolute atomic E-state index is 0.0281. The van der Waals surface area contributed by atoms with Gasteiger partial charge in [-0.2, -0.15) is 0 Å². The molecule has 1 N–H and O–H groups in total.